The molecule has 34 heavy (non-hydrogen) atoms. The molecule has 0 radical (unpaired) electrons. The summed E-state index contributed by atoms with van der Waals surface area (Å²) in [6.07, 6.45) is 13.0. The molecule has 1 saturated carbocycles. The van der Waals surface area contributed by atoms with Gasteiger partial charge in [0, 0.05) is 31.2 Å². The molecule has 1 atom stereocenters. The van der Waals surface area contributed by atoms with Gasteiger partial charge in [0.2, 0.25) is 11.8 Å². The van der Waals surface area contributed by atoms with Gasteiger partial charge in [-0.2, -0.15) is 0 Å². The number of rotatable bonds is 4. The molecule has 1 N–H and O–H groups in total. The SMILES string of the molecule is O=C(CN1C(=O)[C@@H]2CCCCN2c2ccc(C(=O)N3CCCC3)cc21)NC1CCCCCCC1. The number of likely N-dealkylation sites (tertiary alicyclic amines) is 1. The van der Waals surface area contributed by atoms with Crippen LogP contribution in [0.1, 0.15) is 87.4 Å². The van der Waals surface area contributed by atoms with E-state index in [2.05, 4.69) is 10.2 Å². The Bertz CT molecular complexity index is 918. The summed E-state index contributed by atoms with van der Waals surface area (Å²) in [6.45, 7) is 2.44. The minimum Gasteiger partial charge on any atom is -0.358 e. The maximum atomic E-state index is 13.6. The molecule has 0 spiro atoms. The highest BCUT2D eigenvalue weighted by Gasteiger charge is 2.40. The van der Waals surface area contributed by atoms with E-state index in [1.54, 1.807) is 4.90 Å². The van der Waals surface area contributed by atoms with Crippen molar-refractivity contribution in [2.45, 2.75) is 89.1 Å². The predicted molar refractivity (Wildman–Crippen MR) is 133 cm³/mol. The van der Waals surface area contributed by atoms with E-state index in [-0.39, 0.29) is 36.3 Å². The van der Waals surface area contributed by atoms with E-state index in [1.165, 1.54) is 19.3 Å². The first-order chi connectivity index (χ1) is 16.6. The van der Waals surface area contributed by atoms with Crippen molar-refractivity contribution < 1.29 is 14.4 Å². The fraction of sp³-hybridized carbons (Fsp3) is 0.667. The molecule has 3 heterocycles. The number of benzene rings is 1. The third kappa shape index (κ3) is 4.80. The summed E-state index contributed by atoms with van der Waals surface area (Å²) < 4.78 is 0. The number of nitrogens with one attached hydrogen (secondary N) is 1. The van der Waals surface area contributed by atoms with Gasteiger partial charge < -0.3 is 15.1 Å². The molecule has 1 aliphatic carbocycles. The number of amides is 3. The van der Waals surface area contributed by atoms with Crippen molar-refractivity contribution in [3.8, 4) is 0 Å². The van der Waals surface area contributed by atoms with Crippen LogP contribution in [0, 0.1) is 0 Å². The van der Waals surface area contributed by atoms with Crippen molar-refractivity contribution in [3.63, 3.8) is 0 Å². The van der Waals surface area contributed by atoms with Crippen molar-refractivity contribution in [2.75, 3.05) is 36.0 Å². The summed E-state index contributed by atoms with van der Waals surface area (Å²) in [4.78, 5) is 45.5. The number of nitrogens with zero attached hydrogens (tertiary/aromatic N) is 3. The number of carbonyl (C=O) groups is 3. The van der Waals surface area contributed by atoms with Gasteiger partial charge in [-0.1, -0.05) is 32.1 Å². The van der Waals surface area contributed by atoms with Gasteiger partial charge in [0.15, 0.2) is 0 Å². The van der Waals surface area contributed by atoms with Gasteiger partial charge in [0.1, 0.15) is 12.6 Å². The lowest BCUT2D eigenvalue weighted by Gasteiger charge is -2.45. The molecule has 1 aromatic rings. The quantitative estimate of drug-likeness (QED) is 0.731. The monoisotopic (exact) mass is 466 g/mol. The average molecular weight is 467 g/mol. The Hall–Kier alpha value is -2.57. The summed E-state index contributed by atoms with van der Waals surface area (Å²) in [5.41, 5.74) is 2.29. The second-order valence-corrected chi connectivity index (χ2v) is 10.4. The summed E-state index contributed by atoms with van der Waals surface area (Å²) in [5.74, 6) is -0.0800. The lowest BCUT2D eigenvalue weighted by molar-refractivity contribution is -0.125. The third-order valence-corrected chi connectivity index (χ3v) is 8.04. The van der Waals surface area contributed by atoms with Crippen LogP contribution in [0.2, 0.25) is 0 Å². The maximum Gasteiger partial charge on any atom is 0.253 e. The topological polar surface area (TPSA) is 73.0 Å². The van der Waals surface area contributed by atoms with Crippen LogP contribution >= 0.6 is 0 Å². The molecule has 7 nitrogen and oxygen atoms in total. The highest BCUT2D eigenvalue weighted by Crippen LogP contribution is 2.40. The van der Waals surface area contributed by atoms with Gasteiger partial charge in [0.25, 0.3) is 5.91 Å². The first kappa shape index (κ1) is 23.2. The van der Waals surface area contributed by atoms with Crippen molar-refractivity contribution in [1.29, 1.82) is 0 Å². The zero-order chi connectivity index (χ0) is 23.5. The first-order valence-electron chi connectivity index (χ1n) is 13.4. The smallest absolute Gasteiger partial charge is 0.253 e. The van der Waals surface area contributed by atoms with Gasteiger partial charge >= 0.3 is 0 Å². The van der Waals surface area contributed by atoms with Crippen LogP contribution in [0.3, 0.4) is 0 Å². The fourth-order valence-corrected chi connectivity index (χ4v) is 6.17. The number of hydrogen-bond acceptors (Lipinski definition) is 4. The standard InChI is InChI=1S/C27H38N4O3/c32-25(28-21-10-4-2-1-3-5-11-21)19-31-24-18-20(26(33)29-15-8-9-16-29)13-14-22(24)30-17-7-6-12-23(30)27(31)34/h13-14,18,21,23H,1-12,15-17,19H2,(H,28,32)/t23-/m0/s1. The first-order valence-corrected chi connectivity index (χ1v) is 13.4. The Morgan fingerprint density at radius 2 is 1.50 bits per heavy atom. The van der Waals surface area contributed by atoms with E-state index in [0.29, 0.717) is 11.3 Å². The molecular weight excluding hydrogens is 428 g/mol. The Balaban J connectivity index is 1.39. The highest BCUT2D eigenvalue weighted by molar-refractivity contribution is 6.09. The van der Waals surface area contributed by atoms with Crippen LogP contribution in [0.25, 0.3) is 0 Å². The number of piperidine rings is 1. The Morgan fingerprint density at radius 3 is 2.26 bits per heavy atom. The summed E-state index contributed by atoms with van der Waals surface area (Å²) in [7, 11) is 0. The van der Waals surface area contributed by atoms with Crippen molar-refractivity contribution in [1.82, 2.24) is 10.2 Å². The third-order valence-electron chi connectivity index (χ3n) is 8.04. The Labute approximate surface area is 202 Å². The number of fused-ring (bicyclic) bond motifs is 3. The van der Waals surface area contributed by atoms with Crippen LogP contribution in [0.15, 0.2) is 18.2 Å². The molecule has 184 valence electrons. The molecular formula is C27H38N4O3. The van der Waals surface area contributed by atoms with Gasteiger partial charge in [0.05, 0.1) is 11.4 Å². The number of carbonyl (C=O) groups excluding carboxylic acids is 3. The molecule has 0 bridgehead atoms. The highest BCUT2D eigenvalue weighted by atomic mass is 16.2. The van der Waals surface area contributed by atoms with E-state index >= 15 is 0 Å². The largest absolute Gasteiger partial charge is 0.358 e. The van der Waals surface area contributed by atoms with Crippen LogP contribution in [-0.2, 0) is 9.59 Å². The van der Waals surface area contributed by atoms with Gasteiger partial charge in [-0.05, 0) is 63.1 Å². The van der Waals surface area contributed by atoms with Crippen LogP contribution in [0.4, 0.5) is 11.4 Å². The zero-order valence-electron chi connectivity index (χ0n) is 20.3. The number of anilines is 2. The van der Waals surface area contributed by atoms with Crippen molar-refractivity contribution >= 4 is 29.1 Å². The van der Waals surface area contributed by atoms with Gasteiger partial charge in [-0.25, -0.2) is 0 Å². The van der Waals surface area contributed by atoms with E-state index in [1.807, 2.05) is 23.1 Å². The Kier molecular flexibility index (Phi) is 7.07. The lowest BCUT2D eigenvalue weighted by atomic mass is 9.95. The number of hydrogen-bond donors (Lipinski definition) is 1. The molecule has 2 saturated heterocycles. The molecule has 0 aromatic heterocycles. The summed E-state index contributed by atoms with van der Waals surface area (Å²) in [6, 6.07) is 5.72. The van der Waals surface area contributed by atoms with E-state index < -0.39 is 0 Å². The summed E-state index contributed by atoms with van der Waals surface area (Å²) >= 11 is 0. The second kappa shape index (κ2) is 10.4. The minimum atomic E-state index is -0.212. The van der Waals surface area contributed by atoms with Crippen molar-refractivity contribution in [3.05, 3.63) is 23.8 Å². The molecule has 3 amide bonds. The van der Waals surface area contributed by atoms with Crippen molar-refractivity contribution in [2.24, 2.45) is 0 Å². The average Bonchev–Trinajstić information content (AvgIpc) is 3.38. The lowest BCUT2D eigenvalue weighted by Crippen LogP contribution is -2.57. The molecule has 3 aliphatic heterocycles. The molecule has 7 heteroatoms. The van der Waals surface area contributed by atoms with Crippen LogP contribution < -0.4 is 15.1 Å². The van der Waals surface area contributed by atoms with Crippen LogP contribution in [0.5, 0.6) is 0 Å². The summed E-state index contributed by atoms with van der Waals surface area (Å²) in [5, 5.41) is 3.22. The fourth-order valence-electron chi connectivity index (χ4n) is 6.17. The van der Waals surface area contributed by atoms with Gasteiger partial charge in [-0.15, -0.1) is 0 Å². The van der Waals surface area contributed by atoms with E-state index in [4.69, 9.17) is 0 Å². The van der Waals surface area contributed by atoms with Crippen LogP contribution in [-0.4, -0.2) is 60.9 Å². The molecule has 3 fully saturated rings. The zero-order valence-corrected chi connectivity index (χ0v) is 20.3. The second-order valence-electron chi connectivity index (χ2n) is 10.4. The molecule has 1 aromatic carbocycles. The molecule has 4 aliphatic rings. The Morgan fingerprint density at radius 1 is 0.824 bits per heavy atom. The predicted octanol–water partition coefficient (Wildman–Crippen LogP) is 3.86. The van der Waals surface area contributed by atoms with E-state index in [0.717, 1.165) is 83.1 Å². The molecule has 0 unspecified atom stereocenters. The maximum absolute atomic E-state index is 13.6. The van der Waals surface area contributed by atoms with E-state index in [9.17, 15) is 14.4 Å². The van der Waals surface area contributed by atoms with Gasteiger partial charge in [-0.3, -0.25) is 19.3 Å². The molecule has 5 rings (SSSR count). The minimum absolute atomic E-state index is 0.00853. The normalized spacial score (nSPS) is 23.7.